The maximum atomic E-state index is 12.4. The normalized spacial score (nSPS) is 17.4. The van der Waals surface area contributed by atoms with Crippen molar-refractivity contribution >= 4 is 11.9 Å². The van der Waals surface area contributed by atoms with E-state index in [0.29, 0.717) is 25.3 Å². The fourth-order valence-electron chi connectivity index (χ4n) is 2.95. The second kappa shape index (κ2) is 9.42. The Balaban J connectivity index is 1.88. The predicted molar refractivity (Wildman–Crippen MR) is 97.5 cm³/mol. The molecule has 6 heteroatoms. The highest BCUT2D eigenvalue weighted by molar-refractivity contribution is 5.94. The summed E-state index contributed by atoms with van der Waals surface area (Å²) in [6.45, 7) is 8.29. The summed E-state index contributed by atoms with van der Waals surface area (Å²) in [5.74, 6) is -0.0984. The average molecular weight is 347 g/mol. The Morgan fingerprint density at radius 1 is 1.36 bits per heavy atom. The molecule has 1 aromatic carbocycles. The van der Waals surface area contributed by atoms with E-state index in [1.807, 2.05) is 39.0 Å². The number of hydrogen-bond donors (Lipinski definition) is 2. The lowest BCUT2D eigenvalue weighted by Gasteiger charge is -2.32. The summed E-state index contributed by atoms with van der Waals surface area (Å²) < 4.78 is 5.63. The second-order valence-electron chi connectivity index (χ2n) is 6.65. The van der Waals surface area contributed by atoms with Crippen molar-refractivity contribution in [3.63, 3.8) is 0 Å². The first-order valence-electron chi connectivity index (χ1n) is 9.03. The van der Waals surface area contributed by atoms with Gasteiger partial charge >= 0.3 is 6.03 Å². The molecule has 0 unspecified atom stereocenters. The molecule has 2 N–H and O–H groups in total. The molecule has 0 aromatic heterocycles. The number of hydrogen-bond acceptors (Lipinski definition) is 3. The molecule has 1 fully saturated rings. The Morgan fingerprint density at radius 3 is 2.88 bits per heavy atom. The van der Waals surface area contributed by atoms with Crippen LogP contribution in [0, 0.1) is 0 Å². The van der Waals surface area contributed by atoms with Crippen LogP contribution >= 0.6 is 0 Å². The van der Waals surface area contributed by atoms with Gasteiger partial charge in [0.15, 0.2) is 0 Å². The molecule has 138 valence electrons. The molecule has 0 bridgehead atoms. The molecule has 2 rings (SSSR count). The number of amides is 3. The van der Waals surface area contributed by atoms with Gasteiger partial charge in [0.25, 0.3) is 5.91 Å². The number of likely N-dealkylation sites (tertiary alicyclic amines) is 1. The lowest BCUT2D eigenvalue weighted by Crippen LogP contribution is -2.47. The molecule has 0 aliphatic carbocycles. The van der Waals surface area contributed by atoms with Gasteiger partial charge in [0.05, 0.1) is 6.10 Å². The van der Waals surface area contributed by atoms with Crippen molar-refractivity contribution < 1.29 is 14.3 Å². The van der Waals surface area contributed by atoms with E-state index in [4.69, 9.17) is 4.74 Å². The molecule has 1 atom stereocenters. The zero-order chi connectivity index (χ0) is 18.2. The van der Waals surface area contributed by atoms with E-state index in [1.54, 1.807) is 11.0 Å². The Bertz CT molecular complexity index is 587. The van der Waals surface area contributed by atoms with Crippen LogP contribution in [0.3, 0.4) is 0 Å². The molecule has 1 aromatic rings. The summed E-state index contributed by atoms with van der Waals surface area (Å²) in [7, 11) is 0. The van der Waals surface area contributed by atoms with Crippen LogP contribution in [0.1, 0.15) is 49.5 Å². The summed E-state index contributed by atoms with van der Waals surface area (Å²) in [6.07, 6.45) is 2.10. The number of piperidine rings is 1. The van der Waals surface area contributed by atoms with E-state index >= 15 is 0 Å². The standard InChI is InChI=1S/C19H29N3O3/c1-4-25-17-9-6-10-22(13-17)19(24)20-12-15-7-5-8-16(11-15)18(23)21-14(2)3/h5,7-8,11,14,17H,4,6,9-10,12-13H2,1-3H3,(H,20,24)(H,21,23)/t17-/m1/s1. The SMILES string of the molecule is CCO[C@@H]1CCCN(C(=O)NCc2cccc(C(=O)NC(C)C)c2)C1. The van der Waals surface area contributed by atoms with Gasteiger partial charge in [0, 0.05) is 37.8 Å². The van der Waals surface area contributed by atoms with Crippen LogP contribution < -0.4 is 10.6 Å². The quantitative estimate of drug-likeness (QED) is 0.831. The van der Waals surface area contributed by atoms with E-state index in [1.165, 1.54) is 0 Å². The van der Waals surface area contributed by atoms with Gasteiger partial charge in [0.1, 0.15) is 0 Å². The third kappa shape index (κ3) is 6.05. The zero-order valence-corrected chi connectivity index (χ0v) is 15.4. The molecule has 6 nitrogen and oxygen atoms in total. The topological polar surface area (TPSA) is 70.7 Å². The zero-order valence-electron chi connectivity index (χ0n) is 15.4. The Hall–Kier alpha value is -2.08. The summed E-state index contributed by atoms with van der Waals surface area (Å²) in [4.78, 5) is 26.2. The van der Waals surface area contributed by atoms with Gasteiger partial charge in [-0.2, -0.15) is 0 Å². The molecule has 1 saturated heterocycles. The summed E-state index contributed by atoms with van der Waals surface area (Å²) in [5.41, 5.74) is 1.51. The van der Waals surface area contributed by atoms with Gasteiger partial charge in [-0.1, -0.05) is 12.1 Å². The summed E-state index contributed by atoms with van der Waals surface area (Å²) >= 11 is 0. The minimum atomic E-state index is -0.0984. The molecular formula is C19H29N3O3. The van der Waals surface area contributed by atoms with Crippen LogP contribution in [0.25, 0.3) is 0 Å². The first kappa shape index (κ1) is 19.2. The number of urea groups is 1. The van der Waals surface area contributed by atoms with Crippen LogP contribution in [-0.4, -0.2) is 48.7 Å². The highest BCUT2D eigenvalue weighted by atomic mass is 16.5. The number of nitrogens with one attached hydrogen (secondary N) is 2. The average Bonchev–Trinajstić information content (AvgIpc) is 2.60. The van der Waals surface area contributed by atoms with Gasteiger partial charge in [-0.25, -0.2) is 4.79 Å². The third-order valence-electron chi connectivity index (χ3n) is 4.12. The summed E-state index contributed by atoms with van der Waals surface area (Å²) in [6, 6.07) is 7.35. The molecular weight excluding hydrogens is 318 g/mol. The molecule has 1 aliphatic heterocycles. The lowest BCUT2D eigenvalue weighted by atomic mass is 10.1. The van der Waals surface area contributed by atoms with Crippen LogP contribution in [0.4, 0.5) is 4.79 Å². The molecule has 3 amide bonds. The highest BCUT2D eigenvalue weighted by Crippen LogP contribution is 2.13. The number of carbonyl (C=O) groups is 2. The van der Waals surface area contributed by atoms with Crippen molar-refractivity contribution in [3.05, 3.63) is 35.4 Å². The van der Waals surface area contributed by atoms with Gasteiger partial charge in [0.2, 0.25) is 0 Å². The van der Waals surface area contributed by atoms with Gasteiger partial charge in [-0.3, -0.25) is 4.79 Å². The predicted octanol–water partition coefficient (Wildman–Crippen LogP) is 2.54. The number of nitrogens with zero attached hydrogens (tertiary/aromatic N) is 1. The number of benzene rings is 1. The van der Waals surface area contributed by atoms with Gasteiger partial charge in [-0.15, -0.1) is 0 Å². The molecule has 1 heterocycles. The van der Waals surface area contributed by atoms with Crippen LogP contribution in [0.5, 0.6) is 0 Å². The van der Waals surface area contributed by atoms with Crippen LogP contribution in [-0.2, 0) is 11.3 Å². The fraction of sp³-hybridized carbons (Fsp3) is 0.579. The molecule has 1 aliphatic rings. The van der Waals surface area contributed by atoms with Crippen LogP contribution in [0.15, 0.2) is 24.3 Å². The first-order valence-corrected chi connectivity index (χ1v) is 9.03. The monoisotopic (exact) mass is 347 g/mol. The van der Waals surface area contributed by atoms with Gasteiger partial charge < -0.3 is 20.3 Å². The highest BCUT2D eigenvalue weighted by Gasteiger charge is 2.23. The second-order valence-corrected chi connectivity index (χ2v) is 6.65. The minimum Gasteiger partial charge on any atom is -0.377 e. The molecule has 0 radical (unpaired) electrons. The maximum Gasteiger partial charge on any atom is 0.317 e. The first-order chi connectivity index (χ1) is 12.0. The van der Waals surface area contributed by atoms with Crippen molar-refractivity contribution in [3.8, 4) is 0 Å². The van der Waals surface area contributed by atoms with E-state index in [0.717, 1.165) is 24.9 Å². The minimum absolute atomic E-state index is 0.0820. The van der Waals surface area contributed by atoms with Crippen molar-refractivity contribution in [2.45, 2.75) is 52.3 Å². The largest absolute Gasteiger partial charge is 0.377 e. The van der Waals surface area contributed by atoms with E-state index in [2.05, 4.69) is 10.6 Å². The van der Waals surface area contributed by atoms with Crippen molar-refractivity contribution in [1.82, 2.24) is 15.5 Å². The Kier molecular flexibility index (Phi) is 7.25. The Labute approximate surface area is 149 Å². The molecule has 25 heavy (non-hydrogen) atoms. The fourth-order valence-corrected chi connectivity index (χ4v) is 2.95. The molecule has 0 saturated carbocycles. The maximum absolute atomic E-state index is 12.4. The lowest BCUT2D eigenvalue weighted by molar-refractivity contribution is 0.0164. The third-order valence-corrected chi connectivity index (χ3v) is 4.12. The van der Waals surface area contributed by atoms with E-state index in [9.17, 15) is 9.59 Å². The summed E-state index contributed by atoms with van der Waals surface area (Å²) in [5, 5.41) is 5.81. The van der Waals surface area contributed by atoms with Crippen molar-refractivity contribution in [2.75, 3.05) is 19.7 Å². The van der Waals surface area contributed by atoms with E-state index < -0.39 is 0 Å². The smallest absolute Gasteiger partial charge is 0.317 e. The van der Waals surface area contributed by atoms with Crippen molar-refractivity contribution in [1.29, 1.82) is 0 Å². The van der Waals surface area contributed by atoms with Crippen molar-refractivity contribution in [2.24, 2.45) is 0 Å². The van der Waals surface area contributed by atoms with Crippen LogP contribution in [0.2, 0.25) is 0 Å². The molecule has 0 spiro atoms. The number of ether oxygens (including phenoxy) is 1. The van der Waals surface area contributed by atoms with Gasteiger partial charge in [-0.05, 0) is 51.3 Å². The number of carbonyl (C=O) groups excluding carboxylic acids is 2. The van der Waals surface area contributed by atoms with E-state index in [-0.39, 0.29) is 24.1 Å². The number of rotatable bonds is 6. The Morgan fingerprint density at radius 2 is 2.16 bits per heavy atom.